The zero-order valence-corrected chi connectivity index (χ0v) is 19.4. The van der Waals surface area contributed by atoms with E-state index < -0.39 is 0 Å². The van der Waals surface area contributed by atoms with Gasteiger partial charge >= 0.3 is 6.03 Å². The highest BCUT2D eigenvalue weighted by Gasteiger charge is 2.39. The average Bonchev–Trinajstić information content (AvgIpc) is 3.59. The van der Waals surface area contributed by atoms with Gasteiger partial charge in [-0.2, -0.15) is 0 Å². The van der Waals surface area contributed by atoms with E-state index in [2.05, 4.69) is 83.5 Å². The normalized spacial score (nSPS) is 24.2. The quantitative estimate of drug-likeness (QED) is 0.508. The first kappa shape index (κ1) is 21.6. The van der Waals surface area contributed by atoms with Gasteiger partial charge in [0, 0.05) is 55.3 Å². The van der Waals surface area contributed by atoms with Crippen molar-refractivity contribution in [1.82, 2.24) is 15.6 Å². The Balaban J connectivity index is 1.11. The van der Waals surface area contributed by atoms with E-state index in [-0.39, 0.29) is 18.1 Å². The van der Waals surface area contributed by atoms with Gasteiger partial charge in [0.1, 0.15) is 5.82 Å². The summed E-state index contributed by atoms with van der Waals surface area (Å²) in [6.07, 6.45) is 5.03. The van der Waals surface area contributed by atoms with E-state index >= 15 is 0 Å². The smallest absolute Gasteiger partial charge is 0.315 e. The van der Waals surface area contributed by atoms with Gasteiger partial charge in [0.2, 0.25) is 0 Å². The minimum absolute atomic E-state index is 0.0262. The molecule has 5 rings (SSSR count). The number of carbonyl (C=O) groups excluding carboxylic acids is 1. The minimum atomic E-state index is -0.0262. The van der Waals surface area contributed by atoms with Crippen molar-refractivity contribution < 1.29 is 4.79 Å². The van der Waals surface area contributed by atoms with Gasteiger partial charge in [-0.05, 0) is 43.7 Å². The third-order valence-corrected chi connectivity index (χ3v) is 6.93. The number of hydrogen-bond donors (Lipinski definition) is 3. The van der Waals surface area contributed by atoms with Crippen LogP contribution < -0.4 is 20.9 Å². The van der Waals surface area contributed by atoms with Crippen molar-refractivity contribution in [2.45, 2.75) is 56.1 Å². The van der Waals surface area contributed by atoms with Crippen LogP contribution in [-0.2, 0) is 0 Å². The molecule has 3 N–H and O–H groups in total. The molecule has 2 amide bonds. The number of para-hydroxylation sites is 1. The molecule has 0 spiro atoms. The van der Waals surface area contributed by atoms with E-state index in [1.807, 2.05) is 12.1 Å². The molecular weight excluding hydrogens is 410 g/mol. The molecular formula is C27H33N5O. The Kier molecular flexibility index (Phi) is 6.07. The van der Waals surface area contributed by atoms with Crippen LogP contribution in [0.5, 0.6) is 0 Å². The lowest BCUT2D eigenvalue weighted by Crippen LogP contribution is -2.45. The number of benzene rings is 2. The van der Waals surface area contributed by atoms with Crippen molar-refractivity contribution in [2.24, 2.45) is 0 Å². The Bertz CT molecular complexity index is 1110. The zero-order chi connectivity index (χ0) is 22.8. The van der Waals surface area contributed by atoms with Gasteiger partial charge in [-0.15, -0.1) is 0 Å². The molecule has 33 heavy (non-hydrogen) atoms. The van der Waals surface area contributed by atoms with E-state index in [9.17, 15) is 4.79 Å². The Morgan fingerprint density at radius 3 is 2.36 bits per heavy atom. The molecule has 172 valence electrons. The number of anilines is 2. The van der Waals surface area contributed by atoms with Gasteiger partial charge in [0.15, 0.2) is 0 Å². The number of carbonyl (C=O) groups is 1. The Morgan fingerprint density at radius 2 is 1.61 bits per heavy atom. The summed E-state index contributed by atoms with van der Waals surface area (Å²) < 4.78 is 0. The molecule has 2 atom stereocenters. The van der Waals surface area contributed by atoms with Crippen LogP contribution in [0.2, 0.25) is 0 Å². The third kappa shape index (κ3) is 5.05. The van der Waals surface area contributed by atoms with Gasteiger partial charge in [0.05, 0.1) is 5.52 Å². The lowest BCUT2D eigenvalue weighted by Gasteiger charge is -2.30. The maximum atomic E-state index is 12.5. The van der Waals surface area contributed by atoms with Gasteiger partial charge in [-0.1, -0.05) is 48.5 Å². The monoisotopic (exact) mass is 443 g/mol. The van der Waals surface area contributed by atoms with E-state index in [1.165, 1.54) is 11.3 Å². The molecule has 6 heteroatoms. The molecule has 1 heterocycles. The number of hydrogen-bond acceptors (Lipinski definition) is 4. The molecule has 2 aliphatic rings. The van der Waals surface area contributed by atoms with Crippen LogP contribution in [0.3, 0.4) is 0 Å². The van der Waals surface area contributed by atoms with Crippen molar-refractivity contribution in [1.29, 1.82) is 0 Å². The Hall–Kier alpha value is -3.28. The van der Waals surface area contributed by atoms with Gasteiger partial charge in [0.25, 0.3) is 0 Å². The van der Waals surface area contributed by atoms with Crippen molar-refractivity contribution in [3.8, 4) is 0 Å². The number of rotatable bonds is 6. The largest absolute Gasteiger partial charge is 0.377 e. The average molecular weight is 444 g/mol. The first-order valence-corrected chi connectivity index (χ1v) is 12.0. The number of fused-ring (bicyclic) bond motifs is 1. The van der Waals surface area contributed by atoms with Crippen LogP contribution in [0.4, 0.5) is 16.3 Å². The van der Waals surface area contributed by atoms with Crippen LogP contribution >= 0.6 is 0 Å². The fourth-order valence-electron chi connectivity index (χ4n) is 5.01. The highest BCUT2D eigenvalue weighted by atomic mass is 16.2. The number of aromatic nitrogens is 1. The summed E-state index contributed by atoms with van der Waals surface area (Å²) >= 11 is 0. The minimum Gasteiger partial charge on any atom is -0.377 e. The Morgan fingerprint density at radius 1 is 0.909 bits per heavy atom. The van der Waals surface area contributed by atoms with E-state index in [0.29, 0.717) is 12.0 Å². The summed E-state index contributed by atoms with van der Waals surface area (Å²) in [6.45, 7) is 0. The zero-order valence-electron chi connectivity index (χ0n) is 19.4. The first-order valence-electron chi connectivity index (χ1n) is 12.0. The van der Waals surface area contributed by atoms with E-state index in [1.54, 1.807) is 0 Å². The molecule has 0 aliphatic heterocycles. The molecule has 0 bridgehead atoms. The van der Waals surface area contributed by atoms with E-state index in [4.69, 9.17) is 4.98 Å². The van der Waals surface area contributed by atoms with E-state index in [0.717, 1.165) is 48.8 Å². The van der Waals surface area contributed by atoms with Crippen LogP contribution in [-0.4, -0.2) is 43.2 Å². The summed E-state index contributed by atoms with van der Waals surface area (Å²) in [5, 5.41) is 11.2. The molecule has 0 saturated heterocycles. The summed E-state index contributed by atoms with van der Waals surface area (Å²) in [6, 6.07) is 21.7. The first-order chi connectivity index (χ1) is 16.1. The highest BCUT2D eigenvalue weighted by molar-refractivity contribution is 5.93. The summed E-state index contributed by atoms with van der Waals surface area (Å²) in [5.74, 6) is 1.38. The highest BCUT2D eigenvalue weighted by Crippen LogP contribution is 2.40. The number of nitrogens with zero attached hydrogens (tertiary/aromatic N) is 2. The lowest BCUT2D eigenvalue weighted by atomic mass is 9.91. The van der Waals surface area contributed by atoms with Crippen LogP contribution in [0, 0.1) is 0 Å². The predicted molar refractivity (Wildman–Crippen MR) is 135 cm³/mol. The van der Waals surface area contributed by atoms with Crippen LogP contribution in [0.15, 0.2) is 60.7 Å². The second-order valence-electron chi connectivity index (χ2n) is 9.61. The number of amides is 2. The lowest BCUT2D eigenvalue weighted by molar-refractivity contribution is 0.231. The molecule has 2 fully saturated rings. The Labute approximate surface area is 195 Å². The molecule has 2 saturated carbocycles. The van der Waals surface area contributed by atoms with Gasteiger partial charge in [-0.3, -0.25) is 0 Å². The van der Waals surface area contributed by atoms with Gasteiger partial charge in [-0.25, -0.2) is 9.78 Å². The van der Waals surface area contributed by atoms with Gasteiger partial charge < -0.3 is 20.9 Å². The second kappa shape index (κ2) is 9.30. The maximum Gasteiger partial charge on any atom is 0.315 e. The van der Waals surface area contributed by atoms with Crippen molar-refractivity contribution >= 4 is 28.4 Å². The number of pyridine rings is 1. The summed E-state index contributed by atoms with van der Waals surface area (Å²) in [7, 11) is 4.13. The fraction of sp³-hybridized carbons (Fsp3) is 0.407. The van der Waals surface area contributed by atoms with Crippen molar-refractivity contribution in [3.05, 3.63) is 66.2 Å². The third-order valence-electron chi connectivity index (χ3n) is 6.93. The number of urea groups is 1. The van der Waals surface area contributed by atoms with Crippen LogP contribution in [0.25, 0.3) is 10.9 Å². The molecule has 2 aromatic carbocycles. The molecule has 6 nitrogen and oxygen atoms in total. The second-order valence-corrected chi connectivity index (χ2v) is 9.61. The number of nitrogens with one attached hydrogen (secondary N) is 3. The predicted octanol–water partition coefficient (Wildman–Crippen LogP) is 4.88. The molecule has 1 aromatic heterocycles. The summed E-state index contributed by atoms with van der Waals surface area (Å²) in [5.41, 5.74) is 3.49. The molecule has 2 aliphatic carbocycles. The maximum absolute atomic E-state index is 12.5. The fourth-order valence-corrected chi connectivity index (χ4v) is 5.01. The topological polar surface area (TPSA) is 69.3 Å². The van der Waals surface area contributed by atoms with Crippen LogP contribution in [0.1, 0.15) is 43.6 Å². The molecule has 1 unspecified atom stereocenters. The standard InChI is InChI=1S/C27H33N5O/c1-32(2)25-17-26(30-23-11-7-6-10-21(23)25)28-19-12-14-20(15-13-19)29-27(33)31-24-16-22(24)18-8-4-3-5-9-18/h3-11,17,19-20,22,24H,12-16H2,1-2H3,(H,28,30)(H2,29,31,33)/t19-,20+,22-,24?/m0/s1. The molecule has 0 radical (unpaired) electrons. The van der Waals surface area contributed by atoms with Crippen molar-refractivity contribution in [2.75, 3.05) is 24.3 Å². The van der Waals surface area contributed by atoms with Crippen molar-refractivity contribution in [3.63, 3.8) is 0 Å². The molecule has 3 aromatic rings. The summed E-state index contributed by atoms with van der Waals surface area (Å²) in [4.78, 5) is 19.5. The SMILES string of the molecule is CN(C)c1cc(N[C@H]2CC[C@@H](NC(=O)NC3C[C@H]3c3ccccc3)CC2)nc2ccccc12.